The zero-order chi connectivity index (χ0) is 29.0. The van der Waals surface area contributed by atoms with Gasteiger partial charge in [0.25, 0.3) is 5.91 Å². The number of carbonyl (C=O) groups is 1. The predicted octanol–water partition coefficient (Wildman–Crippen LogP) is 7.56. The number of nitrogens with zero attached hydrogens (tertiary/aromatic N) is 2. The molecule has 0 aromatic heterocycles. The monoisotopic (exact) mass is 562 g/mol. The lowest BCUT2D eigenvalue weighted by molar-refractivity contribution is -0.138. The molecule has 3 aromatic rings. The maximum Gasteiger partial charge on any atom is 0.417 e. The Morgan fingerprint density at radius 2 is 1.59 bits per heavy atom. The number of halogens is 4. The van der Waals surface area contributed by atoms with Crippen LogP contribution in [0.3, 0.4) is 0 Å². The fourth-order valence-corrected chi connectivity index (χ4v) is 7.63. The third-order valence-electron chi connectivity index (χ3n) is 9.85. The minimum absolute atomic E-state index is 0.167. The molecule has 3 aromatic carbocycles. The lowest BCUT2D eigenvalue weighted by atomic mass is 9.64. The minimum atomic E-state index is -4.84. The largest absolute Gasteiger partial charge is 0.417 e. The summed E-state index contributed by atoms with van der Waals surface area (Å²) >= 11 is 0. The van der Waals surface area contributed by atoms with Gasteiger partial charge in [0.1, 0.15) is 5.82 Å². The summed E-state index contributed by atoms with van der Waals surface area (Å²) in [5.74, 6) is -1.99. The highest BCUT2D eigenvalue weighted by molar-refractivity contribution is 5.98. The lowest BCUT2D eigenvalue weighted by Gasteiger charge is -2.56. The summed E-state index contributed by atoms with van der Waals surface area (Å²) in [5.41, 5.74) is 2.88. The maximum atomic E-state index is 15.1. The average Bonchev–Trinajstić information content (AvgIpc) is 3.34. The normalized spacial score (nSPS) is 24.1. The Hall–Kier alpha value is -3.45. The summed E-state index contributed by atoms with van der Waals surface area (Å²) in [4.78, 5) is 18.0. The fourth-order valence-electron chi connectivity index (χ4n) is 7.63. The molecular weight excluding hydrogens is 528 g/mol. The van der Waals surface area contributed by atoms with Gasteiger partial charge in [-0.15, -0.1) is 0 Å². The van der Waals surface area contributed by atoms with Crippen LogP contribution in [0.1, 0.15) is 64.7 Å². The van der Waals surface area contributed by atoms with E-state index in [0.717, 1.165) is 43.0 Å². The molecule has 7 heteroatoms. The number of hydrogen-bond acceptors (Lipinski definition) is 2. The van der Waals surface area contributed by atoms with E-state index in [4.69, 9.17) is 0 Å². The van der Waals surface area contributed by atoms with E-state index in [1.807, 2.05) is 30.3 Å². The van der Waals surface area contributed by atoms with Gasteiger partial charge < -0.3 is 9.80 Å². The number of benzene rings is 3. The van der Waals surface area contributed by atoms with Crippen molar-refractivity contribution in [3.63, 3.8) is 0 Å². The molecule has 1 aliphatic heterocycles. The van der Waals surface area contributed by atoms with Gasteiger partial charge in [-0.25, -0.2) is 4.39 Å². The van der Waals surface area contributed by atoms with Crippen molar-refractivity contribution in [1.29, 1.82) is 0 Å². The van der Waals surface area contributed by atoms with Crippen molar-refractivity contribution in [3.05, 3.63) is 112 Å². The number of carbonyl (C=O) groups excluding carboxylic acids is 1. The lowest BCUT2D eigenvalue weighted by Crippen LogP contribution is -2.61. The highest BCUT2D eigenvalue weighted by Gasteiger charge is 2.54. The standard InChI is InChI=1S/C34H34F4N2O/c1-39(2)32(22-23-9-4-3-5-10-23)16-18-33(19-17-32)28-21-24-11-6-7-12-25(24)26(28)15-20-40(33)31(41)30-27(34(36,37)38)13-8-14-29(30)35/h3-14H,15-22H2,1-2H3. The van der Waals surface area contributed by atoms with Crippen LogP contribution in [-0.4, -0.2) is 47.4 Å². The number of rotatable bonds is 4. The molecule has 0 bridgehead atoms. The molecule has 1 amide bonds. The van der Waals surface area contributed by atoms with E-state index in [1.54, 1.807) is 4.90 Å². The Bertz CT molecular complexity index is 1500. The molecule has 214 valence electrons. The predicted molar refractivity (Wildman–Crippen MR) is 152 cm³/mol. The van der Waals surface area contributed by atoms with Gasteiger partial charge in [0, 0.05) is 12.1 Å². The average molecular weight is 563 g/mol. The first-order valence-corrected chi connectivity index (χ1v) is 14.3. The minimum Gasteiger partial charge on any atom is -0.329 e. The molecule has 1 fully saturated rings. The van der Waals surface area contributed by atoms with Gasteiger partial charge in [-0.05, 0) is 99.0 Å². The molecule has 2 aliphatic carbocycles. The molecule has 6 rings (SSSR count). The van der Waals surface area contributed by atoms with Crippen LogP contribution in [0.5, 0.6) is 0 Å². The quantitative estimate of drug-likeness (QED) is 0.307. The number of likely N-dealkylation sites (N-methyl/N-ethyl adjacent to an activating group) is 1. The summed E-state index contributed by atoms with van der Waals surface area (Å²) in [6, 6.07) is 21.3. The Morgan fingerprint density at radius 1 is 0.902 bits per heavy atom. The molecule has 0 radical (unpaired) electrons. The summed E-state index contributed by atoms with van der Waals surface area (Å²) in [6.45, 7) is 0.255. The summed E-state index contributed by atoms with van der Waals surface area (Å²) in [7, 11) is 4.16. The first kappa shape index (κ1) is 27.7. The molecular formula is C34H34F4N2O. The number of amides is 1. The van der Waals surface area contributed by atoms with E-state index in [-0.39, 0.29) is 12.1 Å². The van der Waals surface area contributed by atoms with Crippen LogP contribution < -0.4 is 0 Å². The van der Waals surface area contributed by atoms with Crippen molar-refractivity contribution >= 4 is 11.5 Å². The zero-order valence-electron chi connectivity index (χ0n) is 23.4. The van der Waals surface area contributed by atoms with E-state index in [1.165, 1.54) is 22.3 Å². The van der Waals surface area contributed by atoms with Crippen molar-refractivity contribution < 1.29 is 22.4 Å². The van der Waals surface area contributed by atoms with Crippen LogP contribution in [0.4, 0.5) is 17.6 Å². The Balaban J connectivity index is 1.43. The van der Waals surface area contributed by atoms with Gasteiger partial charge in [-0.1, -0.05) is 60.7 Å². The molecule has 3 nitrogen and oxygen atoms in total. The van der Waals surface area contributed by atoms with Crippen LogP contribution in [0.2, 0.25) is 0 Å². The van der Waals surface area contributed by atoms with E-state index in [9.17, 15) is 18.0 Å². The second-order valence-electron chi connectivity index (χ2n) is 12.0. The van der Waals surface area contributed by atoms with Crippen molar-refractivity contribution in [2.75, 3.05) is 20.6 Å². The fraction of sp³-hybridized carbons (Fsp3) is 0.382. The van der Waals surface area contributed by atoms with Crippen molar-refractivity contribution in [2.24, 2.45) is 0 Å². The summed E-state index contributed by atoms with van der Waals surface area (Å²) < 4.78 is 57.2. The van der Waals surface area contributed by atoms with Crippen LogP contribution in [0, 0.1) is 5.82 Å². The molecule has 0 unspecified atom stereocenters. The van der Waals surface area contributed by atoms with Gasteiger partial charge >= 0.3 is 6.18 Å². The first-order chi connectivity index (χ1) is 19.6. The molecule has 1 saturated carbocycles. The van der Waals surface area contributed by atoms with Crippen molar-refractivity contribution in [2.45, 2.75) is 62.2 Å². The Labute approximate surface area is 238 Å². The molecule has 0 N–H and O–H groups in total. The SMILES string of the molecule is CN(C)C1(Cc2ccccc2)CCC2(CC1)C1=C(CCN2C(=O)c2c(F)cccc2C(F)(F)F)c2ccccc2C1. The van der Waals surface area contributed by atoms with Crippen LogP contribution >= 0.6 is 0 Å². The molecule has 0 saturated heterocycles. The Morgan fingerprint density at radius 3 is 2.27 bits per heavy atom. The maximum absolute atomic E-state index is 15.1. The number of alkyl halides is 3. The van der Waals surface area contributed by atoms with Crippen LogP contribution in [-0.2, 0) is 19.0 Å². The van der Waals surface area contributed by atoms with Gasteiger partial charge in [-0.3, -0.25) is 4.79 Å². The third kappa shape index (κ3) is 4.58. The molecule has 0 atom stereocenters. The van der Waals surface area contributed by atoms with Gasteiger partial charge in [0.05, 0.1) is 16.7 Å². The molecule has 1 heterocycles. The highest BCUT2D eigenvalue weighted by atomic mass is 19.4. The van der Waals surface area contributed by atoms with Crippen molar-refractivity contribution in [3.8, 4) is 0 Å². The van der Waals surface area contributed by atoms with E-state index >= 15 is 4.39 Å². The van der Waals surface area contributed by atoms with E-state index in [0.29, 0.717) is 25.7 Å². The summed E-state index contributed by atoms with van der Waals surface area (Å²) in [6.07, 6.45) is -0.0805. The third-order valence-corrected chi connectivity index (χ3v) is 9.85. The van der Waals surface area contributed by atoms with Gasteiger partial charge in [0.15, 0.2) is 0 Å². The van der Waals surface area contributed by atoms with Crippen molar-refractivity contribution in [1.82, 2.24) is 9.80 Å². The molecule has 3 aliphatic rings. The second-order valence-corrected chi connectivity index (χ2v) is 12.0. The molecule has 41 heavy (non-hydrogen) atoms. The van der Waals surface area contributed by atoms with Crippen LogP contribution in [0.15, 0.2) is 78.4 Å². The number of fused-ring (bicyclic) bond motifs is 3. The summed E-state index contributed by atoms with van der Waals surface area (Å²) in [5, 5.41) is 0. The topological polar surface area (TPSA) is 23.6 Å². The smallest absolute Gasteiger partial charge is 0.329 e. The highest BCUT2D eigenvalue weighted by Crippen LogP contribution is 2.54. The van der Waals surface area contributed by atoms with Crippen LogP contribution in [0.25, 0.3) is 5.57 Å². The van der Waals surface area contributed by atoms with Gasteiger partial charge in [0.2, 0.25) is 0 Å². The first-order valence-electron chi connectivity index (χ1n) is 14.3. The second kappa shape index (κ2) is 10.1. The van der Waals surface area contributed by atoms with Gasteiger partial charge in [-0.2, -0.15) is 13.2 Å². The molecule has 1 spiro atoms. The number of hydrogen-bond donors (Lipinski definition) is 0. The zero-order valence-corrected chi connectivity index (χ0v) is 23.4. The van der Waals surface area contributed by atoms with E-state index < -0.39 is 34.6 Å². The Kier molecular flexibility index (Phi) is 6.84. The van der Waals surface area contributed by atoms with E-state index in [2.05, 4.69) is 43.3 Å².